The van der Waals surface area contributed by atoms with Crippen molar-refractivity contribution in [2.45, 2.75) is 56.3 Å². The largest absolute Gasteiger partial charge is 0.496 e. The lowest BCUT2D eigenvalue weighted by atomic mass is 10.1. The highest BCUT2D eigenvalue weighted by atomic mass is 16.5. The van der Waals surface area contributed by atoms with Crippen LogP contribution in [0.25, 0.3) is 0 Å². The van der Waals surface area contributed by atoms with E-state index in [1.165, 1.54) is 0 Å². The monoisotopic (exact) mass is 440 g/mol. The molecule has 1 aliphatic carbocycles. The minimum absolute atomic E-state index is 0.0249. The lowest BCUT2D eigenvalue weighted by Gasteiger charge is -2.29. The van der Waals surface area contributed by atoms with Gasteiger partial charge in [-0.2, -0.15) is 0 Å². The molecule has 0 bridgehead atoms. The van der Waals surface area contributed by atoms with Gasteiger partial charge >= 0.3 is 0 Å². The van der Waals surface area contributed by atoms with Crippen molar-refractivity contribution in [1.82, 2.24) is 20.4 Å². The molecular formula is C23H28N4O5. The summed E-state index contributed by atoms with van der Waals surface area (Å²) in [6.45, 7) is 0.761. The molecule has 0 aromatic heterocycles. The number of hydrogen-bond donors (Lipinski definition) is 2. The molecule has 170 valence electrons. The second-order valence-corrected chi connectivity index (χ2v) is 9.15. The summed E-state index contributed by atoms with van der Waals surface area (Å²) in [7, 11) is 1.56. The van der Waals surface area contributed by atoms with Crippen molar-refractivity contribution in [3.63, 3.8) is 0 Å². The summed E-state index contributed by atoms with van der Waals surface area (Å²) in [6.07, 6.45) is 2.87. The first-order valence-electron chi connectivity index (χ1n) is 11.3. The lowest BCUT2D eigenvalue weighted by molar-refractivity contribution is -0.145. The summed E-state index contributed by atoms with van der Waals surface area (Å²) in [5, 5.41) is 5.96. The fourth-order valence-corrected chi connectivity index (χ4v) is 5.24. The molecule has 1 saturated carbocycles. The number of methoxy groups -OCH3 is 1. The molecule has 1 aromatic rings. The first-order valence-corrected chi connectivity index (χ1v) is 11.3. The Labute approximate surface area is 186 Å². The topological polar surface area (TPSA) is 108 Å². The molecule has 4 amide bonds. The van der Waals surface area contributed by atoms with E-state index < -0.39 is 12.1 Å². The molecule has 9 heteroatoms. The van der Waals surface area contributed by atoms with Gasteiger partial charge in [-0.25, -0.2) is 0 Å². The number of benzene rings is 1. The van der Waals surface area contributed by atoms with Crippen molar-refractivity contribution in [1.29, 1.82) is 0 Å². The van der Waals surface area contributed by atoms with Crippen molar-refractivity contribution in [2.75, 3.05) is 20.2 Å². The van der Waals surface area contributed by atoms with E-state index in [0.717, 1.165) is 18.4 Å². The van der Waals surface area contributed by atoms with Crippen LogP contribution in [0.1, 0.15) is 31.2 Å². The van der Waals surface area contributed by atoms with E-state index in [0.29, 0.717) is 25.1 Å². The van der Waals surface area contributed by atoms with Gasteiger partial charge in [0.2, 0.25) is 23.6 Å². The Bertz CT molecular complexity index is 961. The zero-order valence-electron chi connectivity index (χ0n) is 18.1. The second-order valence-electron chi connectivity index (χ2n) is 9.15. The molecule has 4 atom stereocenters. The van der Waals surface area contributed by atoms with Crippen LogP contribution in [-0.4, -0.2) is 77.8 Å². The zero-order valence-corrected chi connectivity index (χ0v) is 18.1. The third kappa shape index (κ3) is 3.69. The van der Waals surface area contributed by atoms with Gasteiger partial charge in [0.15, 0.2) is 0 Å². The van der Waals surface area contributed by atoms with Crippen LogP contribution in [0.15, 0.2) is 24.3 Å². The Kier molecular flexibility index (Phi) is 5.27. The van der Waals surface area contributed by atoms with Crippen molar-refractivity contribution in [3.05, 3.63) is 29.8 Å². The molecule has 4 aliphatic rings. The van der Waals surface area contributed by atoms with Gasteiger partial charge in [0, 0.05) is 30.6 Å². The second kappa shape index (κ2) is 8.11. The fourth-order valence-electron chi connectivity index (χ4n) is 5.24. The molecule has 1 aromatic carbocycles. The average molecular weight is 441 g/mol. The summed E-state index contributed by atoms with van der Waals surface area (Å²) in [5.74, 6) is 0.121. The van der Waals surface area contributed by atoms with Gasteiger partial charge < -0.3 is 25.2 Å². The molecule has 4 fully saturated rings. The van der Waals surface area contributed by atoms with Gasteiger partial charge in [-0.3, -0.25) is 19.2 Å². The van der Waals surface area contributed by atoms with Crippen LogP contribution in [-0.2, 0) is 25.6 Å². The van der Waals surface area contributed by atoms with Gasteiger partial charge in [0.05, 0.1) is 19.6 Å². The number of amides is 4. The summed E-state index contributed by atoms with van der Waals surface area (Å²) in [6, 6.07) is 5.42. The zero-order chi connectivity index (χ0) is 22.4. The maximum absolute atomic E-state index is 13.4. The Hall–Kier alpha value is -3.10. The van der Waals surface area contributed by atoms with E-state index in [9.17, 15) is 19.2 Å². The molecule has 32 heavy (non-hydrogen) atoms. The SMILES string of the molecule is COc1ccccc1CC(=O)NC1CC2C(=O)NC3CCN(C(=O)C4CC4)C3C(=O)N2C1. The van der Waals surface area contributed by atoms with Crippen molar-refractivity contribution in [3.8, 4) is 5.75 Å². The maximum Gasteiger partial charge on any atom is 0.248 e. The molecular weight excluding hydrogens is 412 g/mol. The molecule has 9 nitrogen and oxygen atoms in total. The smallest absolute Gasteiger partial charge is 0.248 e. The molecule has 2 N–H and O–H groups in total. The molecule has 4 unspecified atom stereocenters. The maximum atomic E-state index is 13.4. The number of nitrogens with zero attached hydrogens (tertiary/aromatic N) is 2. The molecule has 0 spiro atoms. The third-order valence-corrected chi connectivity index (χ3v) is 6.98. The molecule has 3 heterocycles. The minimum Gasteiger partial charge on any atom is -0.496 e. The van der Waals surface area contributed by atoms with Crippen LogP contribution in [0.4, 0.5) is 0 Å². The average Bonchev–Trinajstić information content (AvgIpc) is 3.44. The first kappa shape index (κ1) is 20.8. The third-order valence-electron chi connectivity index (χ3n) is 6.98. The number of ether oxygens (including phenoxy) is 1. The molecule has 0 radical (unpaired) electrons. The Morgan fingerprint density at radius 2 is 1.97 bits per heavy atom. The van der Waals surface area contributed by atoms with Gasteiger partial charge in [0.25, 0.3) is 0 Å². The molecule has 3 saturated heterocycles. The number of rotatable bonds is 5. The summed E-state index contributed by atoms with van der Waals surface area (Å²) >= 11 is 0. The van der Waals surface area contributed by atoms with Crippen LogP contribution >= 0.6 is 0 Å². The molecule has 3 aliphatic heterocycles. The van der Waals surface area contributed by atoms with E-state index in [2.05, 4.69) is 10.6 Å². The van der Waals surface area contributed by atoms with E-state index in [4.69, 9.17) is 4.74 Å². The van der Waals surface area contributed by atoms with Gasteiger partial charge in [-0.15, -0.1) is 0 Å². The van der Waals surface area contributed by atoms with E-state index >= 15 is 0 Å². The quantitative estimate of drug-likeness (QED) is 0.661. The van der Waals surface area contributed by atoms with Crippen LogP contribution in [0.5, 0.6) is 5.75 Å². The van der Waals surface area contributed by atoms with E-state index in [-0.39, 0.29) is 54.6 Å². The number of carbonyl (C=O) groups is 4. The summed E-state index contributed by atoms with van der Waals surface area (Å²) < 4.78 is 5.31. The van der Waals surface area contributed by atoms with Crippen molar-refractivity contribution in [2.24, 2.45) is 5.92 Å². The van der Waals surface area contributed by atoms with Crippen LogP contribution in [0, 0.1) is 5.92 Å². The van der Waals surface area contributed by atoms with E-state index in [1.54, 1.807) is 23.0 Å². The fraction of sp³-hybridized carbons (Fsp3) is 0.565. The summed E-state index contributed by atoms with van der Waals surface area (Å²) in [4.78, 5) is 54.9. The number of para-hydroxylation sites is 1. The highest BCUT2D eigenvalue weighted by Gasteiger charge is 2.53. The predicted octanol–water partition coefficient (Wildman–Crippen LogP) is -0.167. The van der Waals surface area contributed by atoms with Crippen LogP contribution in [0.3, 0.4) is 0 Å². The first-order chi connectivity index (χ1) is 15.5. The minimum atomic E-state index is -0.639. The Balaban J connectivity index is 1.27. The Morgan fingerprint density at radius 3 is 2.72 bits per heavy atom. The predicted molar refractivity (Wildman–Crippen MR) is 114 cm³/mol. The summed E-state index contributed by atoms with van der Waals surface area (Å²) in [5.41, 5.74) is 0.775. The number of carbonyl (C=O) groups excluding carboxylic acids is 4. The van der Waals surface area contributed by atoms with Gasteiger partial charge in [-0.05, 0) is 31.7 Å². The number of hydrogen-bond acceptors (Lipinski definition) is 5. The Morgan fingerprint density at radius 1 is 1.19 bits per heavy atom. The van der Waals surface area contributed by atoms with Crippen molar-refractivity contribution >= 4 is 23.6 Å². The van der Waals surface area contributed by atoms with Gasteiger partial charge in [-0.1, -0.05) is 18.2 Å². The lowest BCUT2D eigenvalue weighted by Crippen LogP contribution is -2.53. The highest BCUT2D eigenvalue weighted by Crippen LogP contribution is 2.36. The van der Waals surface area contributed by atoms with Crippen LogP contribution in [0.2, 0.25) is 0 Å². The molecule has 5 rings (SSSR count). The van der Waals surface area contributed by atoms with Gasteiger partial charge in [0.1, 0.15) is 17.8 Å². The van der Waals surface area contributed by atoms with E-state index in [1.807, 2.05) is 18.2 Å². The number of nitrogens with one attached hydrogen (secondary N) is 2. The normalized spacial score (nSPS) is 29.2. The van der Waals surface area contributed by atoms with Crippen molar-refractivity contribution < 1.29 is 23.9 Å². The highest BCUT2D eigenvalue weighted by molar-refractivity contribution is 5.97. The van der Waals surface area contributed by atoms with Crippen LogP contribution < -0.4 is 15.4 Å². The number of likely N-dealkylation sites (tertiary alicyclic amines) is 1. The standard InChI is InChI=1S/C23H28N4O5/c1-32-18-5-3-2-4-14(18)10-19(28)24-15-11-17-21(29)25-16-8-9-26(22(30)13-6-7-13)20(16)23(31)27(17)12-15/h2-5,13,15-17,20H,6-12H2,1H3,(H,24,28)(H,25,29). The number of fused-ring (bicyclic) bond motifs is 2.